The second-order valence-electron chi connectivity index (χ2n) is 5.21. The van der Waals surface area contributed by atoms with Gasteiger partial charge in [-0.25, -0.2) is 4.98 Å². The summed E-state index contributed by atoms with van der Waals surface area (Å²) in [5, 5.41) is 3.00. The molecule has 25 heavy (non-hydrogen) atoms. The van der Waals surface area contributed by atoms with Gasteiger partial charge in [0, 0.05) is 5.02 Å². The largest absolute Gasteiger partial charge is 0.319 e. The van der Waals surface area contributed by atoms with Crippen LogP contribution in [0, 0.1) is 0 Å². The van der Waals surface area contributed by atoms with E-state index in [9.17, 15) is 14.4 Å². The van der Waals surface area contributed by atoms with Crippen molar-refractivity contribution in [1.82, 2.24) is 9.97 Å². The number of nitrogens with one attached hydrogen (secondary N) is 2. The van der Waals surface area contributed by atoms with E-state index in [2.05, 4.69) is 15.3 Å². The second kappa shape index (κ2) is 7.04. The van der Waals surface area contributed by atoms with E-state index in [0.717, 1.165) is 0 Å². The van der Waals surface area contributed by atoms with Crippen LogP contribution in [0.3, 0.4) is 0 Å². The van der Waals surface area contributed by atoms with Crippen LogP contribution in [-0.4, -0.2) is 21.7 Å². The van der Waals surface area contributed by atoms with Crippen molar-refractivity contribution in [2.24, 2.45) is 0 Å². The van der Waals surface area contributed by atoms with E-state index in [1.54, 1.807) is 24.3 Å². The molecule has 0 aliphatic rings. The predicted octanol–water partition coefficient (Wildman–Crippen LogP) is 2.98. The van der Waals surface area contributed by atoms with Crippen molar-refractivity contribution in [3.63, 3.8) is 0 Å². The van der Waals surface area contributed by atoms with Crippen molar-refractivity contribution in [1.29, 1.82) is 0 Å². The molecule has 2 aromatic carbocycles. The molecule has 0 aliphatic carbocycles. The molecule has 0 radical (unpaired) electrons. The number of aromatic amines is 1. The van der Waals surface area contributed by atoms with Gasteiger partial charge in [-0.1, -0.05) is 35.3 Å². The fourth-order valence-corrected chi connectivity index (χ4v) is 2.66. The van der Waals surface area contributed by atoms with Crippen LogP contribution in [-0.2, 0) is 16.0 Å². The molecule has 3 aromatic rings. The Balaban J connectivity index is 1.78. The Morgan fingerprint density at radius 1 is 1.12 bits per heavy atom. The summed E-state index contributed by atoms with van der Waals surface area (Å²) in [4.78, 5) is 42.9. The third-order valence-corrected chi connectivity index (χ3v) is 3.98. The number of carbonyl (C=O) groups is 2. The fourth-order valence-electron chi connectivity index (χ4n) is 2.20. The molecule has 2 N–H and O–H groups in total. The monoisotopic (exact) mass is 375 g/mol. The third kappa shape index (κ3) is 3.87. The molecular weight excluding hydrogens is 365 g/mol. The average molecular weight is 376 g/mol. The third-order valence-electron chi connectivity index (χ3n) is 3.43. The van der Waals surface area contributed by atoms with Crippen molar-refractivity contribution in [2.45, 2.75) is 6.42 Å². The lowest BCUT2D eigenvalue weighted by atomic mass is 10.2. The molecule has 0 saturated heterocycles. The lowest BCUT2D eigenvalue weighted by molar-refractivity contribution is -0.134. The van der Waals surface area contributed by atoms with Crippen molar-refractivity contribution < 1.29 is 9.59 Å². The van der Waals surface area contributed by atoms with Gasteiger partial charge < -0.3 is 10.3 Å². The number of hydrogen-bond acceptors (Lipinski definition) is 4. The molecule has 0 aliphatic heterocycles. The summed E-state index contributed by atoms with van der Waals surface area (Å²) in [5.41, 5.74) is 0.808. The Morgan fingerprint density at radius 2 is 1.88 bits per heavy atom. The van der Waals surface area contributed by atoms with E-state index in [4.69, 9.17) is 23.2 Å². The number of nitrogens with zero attached hydrogens (tertiary/aromatic N) is 1. The number of Topliss-reactive ketones (excluding diaryl/α,β-unsaturated/α-hetero) is 1. The maximum absolute atomic E-state index is 12.1. The Kier molecular flexibility index (Phi) is 4.83. The van der Waals surface area contributed by atoms with Gasteiger partial charge in [-0.2, -0.15) is 0 Å². The van der Waals surface area contributed by atoms with E-state index >= 15 is 0 Å². The van der Waals surface area contributed by atoms with Gasteiger partial charge in [-0.3, -0.25) is 14.4 Å². The summed E-state index contributed by atoms with van der Waals surface area (Å²) in [6.07, 6.45) is -0.419. The standard InChI is InChI=1S/C17H11Cl2N3O3/c18-9-5-6-11(10(19)7-9)21-17(25)15(23)8-14-16(24)22-13-4-2-1-3-12(13)20-14/h1-7H,8H2,(H,21,25)(H,22,24). The lowest BCUT2D eigenvalue weighted by Gasteiger charge is -2.07. The number of para-hydroxylation sites is 2. The molecule has 3 rings (SSSR count). The molecular formula is C17H11Cl2N3O3. The summed E-state index contributed by atoms with van der Waals surface area (Å²) in [7, 11) is 0. The molecule has 0 saturated carbocycles. The minimum absolute atomic E-state index is 0.0268. The van der Waals surface area contributed by atoms with Crippen LogP contribution < -0.4 is 10.9 Å². The van der Waals surface area contributed by atoms with Gasteiger partial charge >= 0.3 is 0 Å². The smallest absolute Gasteiger partial charge is 0.292 e. The maximum atomic E-state index is 12.1. The number of fused-ring (bicyclic) bond motifs is 1. The molecule has 1 aromatic heterocycles. The van der Waals surface area contributed by atoms with Gasteiger partial charge in [0.2, 0.25) is 5.78 Å². The Morgan fingerprint density at radius 3 is 2.64 bits per heavy atom. The number of halogens is 2. The zero-order chi connectivity index (χ0) is 18.0. The highest BCUT2D eigenvalue weighted by molar-refractivity contribution is 6.43. The van der Waals surface area contributed by atoms with Crippen LogP contribution in [0.4, 0.5) is 5.69 Å². The normalized spacial score (nSPS) is 10.6. The summed E-state index contributed by atoms with van der Waals surface area (Å²) in [5.74, 6) is -1.70. The second-order valence-corrected chi connectivity index (χ2v) is 6.05. The van der Waals surface area contributed by atoms with E-state index in [-0.39, 0.29) is 16.4 Å². The zero-order valence-electron chi connectivity index (χ0n) is 12.7. The van der Waals surface area contributed by atoms with Gasteiger partial charge in [-0.05, 0) is 30.3 Å². The predicted molar refractivity (Wildman–Crippen MR) is 96.2 cm³/mol. The maximum Gasteiger partial charge on any atom is 0.292 e. The lowest BCUT2D eigenvalue weighted by Crippen LogP contribution is -2.28. The first-order chi connectivity index (χ1) is 11.9. The summed E-state index contributed by atoms with van der Waals surface area (Å²) in [6.45, 7) is 0. The Labute approximate surface area is 151 Å². The number of ketones is 1. The molecule has 126 valence electrons. The van der Waals surface area contributed by atoms with Gasteiger partial charge in [0.25, 0.3) is 11.5 Å². The minimum Gasteiger partial charge on any atom is -0.319 e. The Bertz CT molecular complexity index is 1050. The zero-order valence-corrected chi connectivity index (χ0v) is 14.2. The molecule has 1 amide bonds. The summed E-state index contributed by atoms with van der Waals surface area (Å²) >= 11 is 11.7. The molecule has 6 nitrogen and oxygen atoms in total. The van der Waals surface area contributed by atoms with Crippen molar-refractivity contribution in [3.05, 3.63) is 68.6 Å². The highest BCUT2D eigenvalue weighted by Crippen LogP contribution is 2.25. The number of carbonyl (C=O) groups excluding carboxylic acids is 2. The first-order valence-corrected chi connectivity index (χ1v) is 7.97. The fraction of sp³-hybridized carbons (Fsp3) is 0.0588. The first kappa shape index (κ1) is 17.1. The minimum atomic E-state index is -0.890. The highest BCUT2D eigenvalue weighted by atomic mass is 35.5. The van der Waals surface area contributed by atoms with Crippen LogP contribution in [0.1, 0.15) is 5.69 Å². The molecule has 1 heterocycles. The number of aromatic nitrogens is 2. The SMILES string of the molecule is O=C(Cc1nc2ccccc2[nH]c1=O)C(=O)Nc1ccc(Cl)cc1Cl. The quantitative estimate of drug-likeness (QED) is 0.685. The van der Waals surface area contributed by atoms with E-state index < -0.39 is 23.7 Å². The van der Waals surface area contributed by atoms with Crippen molar-refractivity contribution >= 4 is 51.6 Å². The number of hydrogen-bond donors (Lipinski definition) is 2. The van der Waals surface area contributed by atoms with Gasteiger partial charge in [0.05, 0.1) is 28.2 Å². The van der Waals surface area contributed by atoms with Crippen LogP contribution in [0.25, 0.3) is 11.0 Å². The van der Waals surface area contributed by atoms with Crippen LogP contribution >= 0.6 is 23.2 Å². The summed E-state index contributed by atoms with van der Waals surface area (Å²) in [6, 6.07) is 11.4. The number of amides is 1. The van der Waals surface area contributed by atoms with Gasteiger partial charge in [0.15, 0.2) is 0 Å². The van der Waals surface area contributed by atoms with Crippen LogP contribution in [0.2, 0.25) is 10.0 Å². The highest BCUT2D eigenvalue weighted by Gasteiger charge is 2.18. The number of H-pyrrole nitrogens is 1. The van der Waals surface area contributed by atoms with Crippen molar-refractivity contribution in [3.8, 4) is 0 Å². The molecule has 0 fully saturated rings. The molecule has 0 bridgehead atoms. The summed E-state index contributed by atoms with van der Waals surface area (Å²) < 4.78 is 0. The van der Waals surface area contributed by atoms with Crippen molar-refractivity contribution in [2.75, 3.05) is 5.32 Å². The van der Waals surface area contributed by atoms with E-state index in [1.807, 2.05) is 0 Å². The number of anilines is 1. The van der Waals surface area contributed by atoms with E-state index in [0.29, 0.717) is 16.1 Å². The van der Waals surface area contributed by atoms with Gasteiger partial charge in [0.1, 0.15) is 5.69 Å². The van der Waals surface area contributed by atoms with Gasteiger partial charge in [-0.15, -0.1) is 0 Å². The molecule has 0 atom stereocenters. The topological polar surface area (TPSA) is 91.9 Å². The average Bonchev–Trinajstić information content (AvgIpc) is 2.58. The molecule has 0 spiro atoms. The number of benzene rings is 2. The number of rotatable bonds is 4. The Hall–Kier alpha value is -2.70. The molecule has 0 unspecified atom stereocenters. The van der Waals surface area contributed by atoms with Crippen LogP contribution in [0.15, 0.2) is 47.3 Å². The first-order valence-electron chi connectivity index (χ1n) is 7.21. The van der Waals surface area contributed by atoms with Crippen LogP contribution in [0.5, 0.6) is 0 Å². The van der Waals surface area contributed by atoms with E-state index in [1.165, 1.54) is 18.2 Å². The molecule has 8 heteroatoms.